The minimum atomic E-state index is -0.739. The number of esters is 1. The number of fused-ring (bicyclic) bond motifs is 1. The molecule has 0 amide bonds. The van der Waals surface area contributed by atoms with Gasteiger partial charge in [-0.1, -0.05) is 5.16 Å². The van der Waals surface area contributed by atoms with Gasteiger partial charge in [0, 0.05) is 5.56 Å². The van der Waals surface area contributed by atoms with E-state index in [1.54, 1.807) is 19.1 Å². The van der Waals surface area contributed by atoms with E-state index in [0.717, 1.165) is 5.56 Å². The van der Waals surface area contributed by atoms with Crippen LogP contribution in [-0.4, -0.2) is 38.1 Å². The van der Waals surface area contributed by atoms with Gasteiger partial charge in [-0.15, -0.1) is 0 Å². The van der Waals surface area contributed by atoms with E-state index >= 15 is 0 Å². The predicted octanol–water partition coefficient (Wildman–Crippen LogP) is 1.76. The zero-order valence-electron chi connectivity index (χ0n) is 11.7. The van der Waals surface area contributed by atoms with Crippen molar-refractivity contribution >= 4 is 11.7 Å². The number of hydrogen-bond donors (Lipinski definition) is 0. The summed E-state index contributed by atoms with van der Waals surface area (Å²) in [7, 11) is 1.48. The Morgan fingerprint density at radius 2 is 2.25 bits per heavy atom. The van der Waals surface area contributed by atoms with Crippen molar-refractivity contribution in [2.24, 2.45) is 5.16 Å². The lowest BCUT2D eigenvalue weighted by Crippen LogP contribution is -2.37. The van der Waals surface area contributed by atoms with E-state index in [1.807, 2.05) is 13.0 Å². The van der Waals surface area contributed by atoms with E-state index in [0.29, 0.717) is 23.8 Å². The molecule has 0 aliphatic carbocycles. The van der Waals surface area contributed by atoms with Crippen LogP contribution < -0.4 is 9.47 Å². The molecule has 1 aromatic rings. The highest BCUT2D eigenvalue weighted by molar-refractivity contribution is 5.98. The molecule has 1 aliphatic rings. The number of benzene rings is 1. The normalized spacial score (nSPS) is 17.6. The first-order chi connectivity index (χ1) is 9.65. The summed E-state index contributed by atoms with van der Waals surface area (Å²) in [6, 6.07) is 5.39. The summed E-state index contributed by atoms with van der Waals surface area (Å²) in [5.41, 5.74) is 1.54. The molecule has 6 nitrogen and oxygen atoms in total. The van der Waals surface area contributed by atoms with Crippen molar-refractivity contribution in [1.82, 2.24) is 0 Å². The summed E-state index contributed by atoms with van der Waals surface area (Å²) in [6.45, 7) is 4.03. The van der Waals surface area contributed by atoms with Gasteiger partial charge in [-0.2, -0.15) is 0 Å². The zero-order chi connectivity index (χ0) is 14.5. The molecular weight excluding hydrogens is 262 g/mol. The molecule has 108 valence electrons. The first-order valence-corrected chi connectivity index (χ1v) is 6.34. The topological polar surface area (TPSA) is 66.4 Å². The molecule has 1 heterocycles. The molecule has 20 heavy (non-hydrogen) atoms. The van der Waals surface area contributed by atoms with Gasteiger partial charge in [0.2, 0.25) is 6.10 Å². The third kappa shape index (κ3) is 3.01. The van der Waals surface area contributed by atoms with Crippen LogP contribution in [0.3, 0.4) is 0 Å². The molecule has 1 aromatic carbocycles. The lowest BCUT2D eigenvalue weighted by Gasteiger charge is -2.25. The second kappa shape index (κ2) is 6.27. The number of oxime groups is 1. The lowest BCUT2D eigenvalue weighted by atomic mass is 10.1. The fourth-order valence-corrected chi connectivity index (χ4v) is 1.84. The van der Waals surface area contributed by atoms with E-state index in [1.165, 1.54) is 7.11 Å². The van der Waals surface area contributed by atoms with Crippen LogP contribution in [0.1, 0.15) is 19.4 Å². The highest BCUT2D eigenvalue weighted by Gasteiger charge is 2.28. The van der Waals surface area contributed by atoms with Crippen molar-refractivity contribution in [2.45, 2.75) is 20.0 Å². The Hall–Kier alpha value is -2.24. The summed E-state index contributed by atoms with van der Waals surface area (Å²) >= 11 is 0. The number of carbonyl (C=O) groups excluding carboxylic acids is 1. The van der Waals surface area contributed by atoms with Crippen molar-refractivity contribution < 1.29 is 23.8 Å². The molecule has 1 atom stereocenters. The van der Waals surface area contributed by atoms with Crippen LogP contribution in [0.15, 0.2) is 23.4 Å². The van der Waals surface area contributed by atoms with Crippen molar-refractivity contribution in [3.05, 3.63) is 23.8 Å². The molecule has 0 saturated carbocycles. The third-order valence-corrected chi connectivity index (χ3v) is 2.80. The van der Waals surface area contributed by atoms with Gasteiger partial charge in [0.15, 0.2) is 11.5 Å². The van der Waals surface area contributed by atoms with Crippen LogP contribution in [0.25, 0.3) is 0 Å². The van der Waals surface area contributed by atoms with Crippen LogP contribution in [0.2, 0.25) is 0 Å². The molecule has 1 aliphatic heterocycles. The maximum Gasteiger partial charge on any atom is 0.350 e. The Bertz CT molecular complexity index is 526. The first-order valence-electron chi connectivity index (χ1n) is 6.34. The van der Waals surface area contributed by atoms with Gasteiger partial charge in [-0.25, -0.2) is 4.79 Å². The zero-order valence-corrected chi connectivity index (χ0v) is 11.7. The molecule has 0 fully saturated rings. The third-order valence-electron chi connectivity index (χ3n) is 2.80. The maximum absolute atomic E-state index is 11.7. The van der Waals surface area contributed by atoms with Gasteiger partial charge in [0.25, 0.3) is 0 Å². The average Bonchev–Trinajstić information content (AvgIpc) is 2.46. The fourth-order valence-electron chi connectivity index (χ4n) is 1.84. The van der Waals surface area contributed by atoms with Gasteiger partial charge in [-0.05, 0) is 32.0 Å². The van der Waals surface area contributed by atoms with Crippen molar-refractivity contribution in [2.75, 3.05) is 20.3 Å². The number of carbonyl (C=O) groups is 1. The average molecular weight is 279 g/mol. The van der Waals surface area contributed by atoms with E-state index in [9.17, 15) is 4.79 Å². The summed E-state index contributed by atoms with van der Waals surface area (Å²) in [6.07, 6.45) is -0.739. The van der Waals surface area contributed by atoms with Crippen LogP contribution >= 0.6 is 0 Å². The Labute approximate surface area is 117 Å². The smallest absolute Gasteiger partial charge is 0.350 e. The number of rotatable bonds is 4. The van der Waals surface area contributed by atoms with Crippen LogP contribution in [0.5, 0.6) is 11.5 Å². The lowest BCUT2D eigenvalue weighted by molar-refractivity contribution is -0.153. The number of nitrogens with zero attached hydrogens (tertiary/aromatic N) is 1. The molecule has 2 rings (SSSR count). The summed E-state index contributed by atoms with van der Waals surface area (Å²) in [5, 5.41) is 3.86. The van der Waals surface area contributed by atoms with Gasteiger partial charge in [0.05, 0.1) is 12.3 Å². The summed E-state index contributed by atoms with van der Waals surface area (Å²) in [5.74, 6) is 0.669. The monoisotopic (exact) mass is 279 g/mol. The van der Waals surface area contributed by atoms with Crippen LogP contribution in [0, 0.1) is 0 Å². The molecule has 0 N–H and O–H groups in total. The maximum atomic E-state index is 11.7. The number of ether oxygens (including phenoxy) is 3. The molecule has 0 aromatic heterocycles. The first kappa shape index (κ1) is 14.2. The number of hydrogen-bond acceptors (Lipinski definition) is 6. The molecule has 1 unspecified atom stereocenters. The fraction of sp³-hybridized carbons (Fsp3) is 0.429. The molecule has 0 radical (unpaired) electrons. The van der Waals surface area contributed by atoms with Gasteiger partial charge in [0.1, 0.15) is 13.7 Å². The SMILES string of the molecule is CCOC(=O)C1COc2ccc(C(C)=NOC)cc2O1. The van der Waals surface area contributed by atoms with E-state index < -0.39 is 12.1 Å². The largest absolute Gasteiger partial charge is 0.485 e. The van der Waals surface area contributed by atoms with Crippen molar-refractivity contribution in [3.8, 4) is 11.5 Å². The standard InChI is InChI=1S/C14H17NO5/c1-4-18-14(16)13-8-19-11-6-5-10(7-12(11)20-13)9(2)15-17-3/h5-7,13H,4,8H2,1-3H3. The van der Waals surface area contributed by atoms with Crippen LogP contribution in [-0.2, 0) is 14.4 Å². The molecule has 0 bridgehead atoms. The molecular formula is C14H17NO5. The van der Waals surface area contributed by atoms with Gasteiger partial charge >= 0.3 is 5.97 Å². The van der Waals surface area contributed by atoms with Crippen molar-refractivity contribution in [1.29, 1.82) is 0 Å². The Morgan fingerprint density at radius 1 is 1.45 bits per heavy atom. The van der Waals surface area contributed by atoms with Crippen molar-refractivity contribution in [3.63, 3.8) is 0 Å². The minimum absolute atomic E-state index is 0.149. The molecule has 0 spiro atoms. The van der Waals surface area contributed by atoms with Gasteiger partial charge < -0.3 is 19.0 Å². The molecule has 6 heteroatoms. The minimum Gasteiger partial charge on any atom is -0.485 e. The van der Waals surface area contributed by atoms with E-state index in [4.69, 9.17) is 19.0 Å². The van der Waals surface area contributed by atoms with E-state index in [2.05, 4.69) is 5.16 Å². The predicted molar refractivity (Wildman–Crippen MR) is 72.2 cm³/mol. The highest BCUT2D eigenvalue weighted by atomic mass is 16.6. The Balaban J connectivity index is 2.19. The summed E-state index contributed by atoms with van der Waals surface area (Å²) in [4.78, 5) is 16.4. The van der Waals surface area contributed by atoms with E-state index in [-0.39, 0.29) is 6.61 Å². The van der Waals surface area contributed by atoms with Crippen LogP contribution in [0.4, 0.5) is 0 Å². The second-order valence-electron chi connectivity index (χ2n) is 4.19. The molecule has 0 saturated heterocycles. The summed E-state index contributed by atoms with van der Waals surface area (Å²) < 4.78 is 16.0. The van der Waals surface area contributed by atoms with Gasteiger partial charge in [-0.3, -0.25) is 0 Å². The Morgan fingerprint density at radius 3 is 2.95 bits per heavy atom. The highest BCUT2D eigenvalue weighted by Crippen LogP contribution is 2.33. The second-order valence-corrected chi connectivity index (χ2v) is 4.19. The quantitative estimate of drug-likeness (QED) is 0.477. The Kier molecular flexibility index (Phi) is 4.45.